The predicted octanol–water partition coefficient (Wildman–Crippen LogP) is 7.11. The minimum absolute atomic E-state index is 0.796. The van der Waals surface area contributed by atoms with Crippen LogP contribution < -0.4 is 15.9 Å². The number of alkyl halides is 1. The summed E-state index contributed by atoms with van der Waals surface area (Å²) in [5.41, 5.74) is 0. The molecule has 152 valence electrons. The van der Waals surface area contributed by atoms with Crippen LogP contribution in [0.25, 0.3) is 0 Å². The first-order chi connectivity index (χ1) is 14.1. The Hall–Kier alpha value is -0.450. The first kappa shape index (κ1) is 21.8. The topological polar surface area (TPSA) is 0 Å². The Morgan fingerprint density at radius 1 is 0.586 bits per heavy atom. The Morgan fingerprint density at radius 3 is 1.28 bits per heavy atom. The van der Waals surface area contributed by atoms with E-state index < -0.39 is 4.25 Å². The first-order valence-electron chi connectivity index (χ1n) is 10.6. The van der Waals surface area contributed by atoms with Gasteiger partial charge in [-0.05, 0) is 0 Å². The van der Waals surface area contributed by atoms with Crippen molar-refractivity contribution in [1.82, 2.24) is 0 Å². The zero-order chi connectivity index (χ0) is 20.2. The van der Waals surface area contributed by atoms with Gasteiger partial charge < -0.3 is 0 Å². The Balaban J connectivity index is 1.90. The van der Waals surface area contributed by atoms with E-state index in [0.717, 1.165) is 11.8 Å². The molecule has 0 bridgehead atoms. The molecule has 0 saturated heterocycles. The summed E-state index contributed by atoms with van der Waals surface area (Å²) in [5, 5.41) is 4.56. The standard InChI is InChI=1S/C26H29I2P/c27-20-22-16-18-23(19-17-22)21-29(28,24-10-4-1-5-11-24,25-12-6-2-7-13-25)26-14-8-3-9-15-26/h1-15,22-23H,16-21H2. The van der Waals surface area contributed by atoms with Crippen molar-refractivity contribution >= 4 is 64.8 Å². The van der Waals surface area contributed by atoms with Gasteiger partial charge in [-0.25, -0.2) is 0 Å². The van der Waals surface area contributed by atoms with Crippen LogP contribution in [-0.4, -0.2) is 10.6 Å². The molecule has 1 aliphatic rings. The molecule has 0 aliphatic heterocycles. The van der Waals surface area contributed by atoms with Gasteiger partial charge in [0.2, 0.25) is 0 Å². The second-order valence-corrected chi connectivity index (χ2v) is 20.0. The van der Waals surface area contributed by atoms with Crippen LogP contribution in [0.2, 0.25) is 0 Å². The van der Waals surface area contributed by atoms with E-state index in [1.54, 1.807) is 0 Å². The summed E-state index contributed by atoms with van der Waals surface area (Å²) < 4.78 is -1.28. The summed E-state index contributed by atoms with van der Waals surface area (Å²) >= 11 is 5.53. The molecule has 0 atom stereocenters. The monoisotopic (exact) mass is 626 g/mol. The molecule has 0 heterocycles. The second kappa shape index (κ2) is 9.36. The van der Waals surface area contributed by atoms with Gasteiger partial charge in [0.05, 0.1) is 0 Å². The molecule has 1 fully saturated rings. The minimum atomic E-state index is -2.59. The summed E-state index contributed by atoms with van der Waals surface area (Å²) in [5.74, 6) is 1.72. The Kier molecular flexibility index (Phi) is 7.03. The Morgan fingerprint density at radius 2 is 0.931 bits per heavy atom. The van der Waals surface area contributed by atoms with Crippen molar-refractivity contribution in [1.29, 1.82) is 0 Å². The van der Waals surface area contributed by atoms with Crippen LogP contribution >= 0.6 is 48.9 Å². The molecule has 0 spiro atoms. The van der Waals surface area contributed by atoms with Crippen molar-refractivity contribution in [2.75, 3.05) is 10.6 Å². The summed E-state index contributed by atoms with van der Waals surface area (Å²) in [7, 11) is 0. The van der Waals surface area contributed by atoms with Crippen LogP contribution in [0.5, 0.6) is 0 Å². The van der Waals surface area contributed by atoms with Gasteiger partial charge in [-0.3, -0.25) is 0 Å². The number of benzene rings is 3. The van der Waals surface area contributed by atoms with E-state index in [-0.39, 0.29) is 0 Å². The number of hydrogen-bond donors (Lipinski definition) is 0. The van der Waals surface area contributed by atoms with Crippen LogP contribution in [0, 0.1) is 11.8 Å². The van der Waals surface area contributed by atoms with Gasteiger partial charge in [0.1, 0.15) is 0 Å². The van der Waals surface area contributed by atoms with E-state index in [0.29, 0.717) is 0 Å². The van der Waals surface area contributed by atoms with Gasteiger partial charge in [-0.15, -0.1) is 0 Å². The molecule has 4 rings (SSSR count). The van der Waals surface area contributed by atoms with E-state index in [1.165, 1.54) is 52.2 Å². The Labute approximate surface area is 202 Å². The summed E-state index contributed by atoms with van der Waals surface area (Å²) in [4.78, 5) is 0. The zero-order valence-corrected chi connectivity index (χ0v) is 22.0. The quantitative estimate of drug-likeness (QED) is 0.156. The van der Waals surface area contributed by atoms with Gasteiger partial charge in [-0.2, -0.15) is 0 Å². The number of halogens is 2. The average molecular weight is 626 g/mol. The van der Waals surface area contributed by atoms with Crippen molar-refractivity contribution in [2.45, 2.75) is 25.7 Å². The van der Waals surface area contributed by atoms with Crippen molar-refractivity contribution < 1.29 is 0 Å². The summed E-state index contributed by atoms with van der Waals surface area (Å²) in [6, 6.07) is 34.2. The zero-order valence-electron chi connectivity index (χ0n) is 16.8. The molecule has 0 amide bonds. The third-order valence-corrected chi connectivity index (χ3v) is 19.4. The van der Waals surface area contributed by atoms with Crippen LogP contribution in [-0.2, 0) is 0 Å². The fourth-order valence-electron chi connectivity index (χ4n) is 5.03. The van der Waals surface area contributed by atoms with Gasteiger partial charge in [0.15, 0.2) is 0 Å². The third-order valence-electron chi connectivity index (χ3n) is 6.67. The van der Waals surface area contributed by atoms with E-state index >= 15 is 0 Å². The first-order valence-corrected chi connectivity index (χ1v) is 17.3. The van der Waals surface area contributed by atoms with Crippen molar-refractivity contribution in [3.8, 4) is 0 Å². The maximum atomic E-state index is 2.95. The van der Waals surface area contributed by atoms with E-state index in [1.807, 2.05) is 0 Å². The molecular formula is C26H29I2P. The van der Waals surface area contributed by atoms with Crippen LogP contribution in [0.15, 0.2) is 91.0 Å². The van der Waals surface area contributed by atoms with Gasteiger partial charge in [0, 0.05) is 0 Å². The molecule has 1 saturated carbocycles. The molecule has 0 aromatic heterocycles. The molecule has 0 radical (unpaired) electrons. The van der Waals surface area contributed by atoms with Crippen molar-refractivity contribution in [3.05, 3.63) is 91.0 Å². The normalized spacial score (nSPS) is 21.2. The summed E-state index contributed by atoms with van der Waals surface area (Å²) in [6.45, 7) is 0. The van der Waals surface area contributed by atoms with Crippen LogP contribution in [0.4, 0.5) is 0 Å². The summed E-state index contributed by atoms with van der Waals surface area (Å²) in [6.07, 6.45) is 6.82. The number of rotatable bonds is 6. The molecule has 0 nitrogen and oxygen atoms in total. The molecule has 3 heteroatoms. The molecular weight excluding hydrogens is 597 g/mol. The fraction of sp³-hybridized carbons (Fsp3) is 0.308. The fourth-order valence-corrected chi connectivity index (χ4v) is 15.7. The predicted molar refractivity (Wildman–Crippen MR) is 148 cm³/mol. The van der Waals surface area contributed by atoms with Crippen LogP contribution in [0.3, 0.4) is 0 Å². The molecule has 29 heavy (non-hydrogen) atoms. The van der Waals surface area contributed by atoms with Gasteiger partial charge >= 0.3 is 204 Å². The second-order valence-electron chi connectivity index (χ2n) is 8.41. The average Bonchev–Trinajstić information content (AvgIpc) is 2.81. The third kappa shape index (κ3) is 4.19. The molecule has 3 aromatic carbocycles. The number of hydrogen-bond acceptors (Lipinski definition) is 0. The Bertz CT molecular complexity index is 804. The maximum absolute atomic E-state index is 2.95. The molecule has 3 aromatic rings. The molecule has 1 aliphatic carbocycles. The van der Waals surface area contributed by atoms with Crippen molar-refractivity contribution in [2.24, 2.45) is 11.8 Å². The van der Waals surface area contributed by atoms with E-state index in [4.69, 9.17) is 0 Å². The SMILES string of the molecule is ICC1CCC(CP(I)(c2ccccc2)(c2ccccc2)c2ccccc2)CC1. The van der Waals surface area contributed by atoms with Crippen molar-refractivity contribution in [3.63, 3.8) is 0 Å². The molecule has 0 unspecified atom stereocenters. The van der Waals surface area contributed by atoms with E-state index in [9.17, 15) is 0 Å². The van der Waals surface area contributed by atoms with Gasteiger partial charge in [0.25, 0.3) is 0 Å². The van der Waals surface area contributed by atoms with Gasteiger partial charge in [-0.1, -0.05) is 0 Å². The molecule has 0 N–H and O–H groups in total. The van der Waals surface area contributed by atoms with E-state index in [2.05, 4.69) is 136 Å². The van der Waals surface area contributed by atoms with Crippen LogP contribution in [0.1, 0.15) is 25.7 Å².